The molecule has 0 fully saturated rings. The monoisotopic (exact) mass is 137 g/mol. The number of halogens is 1. The molecule has 0 rings (SSSR count). The molecule has 0 unspecified atom stereocenters. The summed E-state index contributed by atoms with van der Waals surface area (Å²) in [7, 11) is 0. The maximum absolute atomic E-state index is 8.00. The molecule has 0 saturated carbocycles. The van der Waals surface area contributed by atoms with Crippen LogP contribution in [-0.2, 0) is 17.1 Å². The van der Waals surface area contributed by atoms with Crippen molar-refractivity contribution in [2.24, 2.45) is 5.34 Å². The molecular weight excluding hydrogens is 137 g/mol. The average Bonchev–Trinajstić information content (AvgIpc) is 0.918. The van der Waals surface area contributed by atoms with Gasteiger partial charge in [-0.1, -0.05) is 0 Å². The molecule has 3 nitrogen and oxygen atoms in total. The van der Waals surface area contributed by atoms with Gasteiger partial charge in [-0.25, -0.2) is 0 Å². The second-order valence-electron chi connectivity index (χ2n) is 0.0745. The van der Waals surface area contributed by atoms with Crippen molar-refractivity contribution in [3.63, 3.8) is 0 Å². The summed E-state index contributed by atoms with van der Waals surface area (Å²) in [6.45, 7) is 0. The molecule has 5 heteroatoms. The van der Waals surface area contributed by atoms with E-state index in [-0.39, 0.29) is 29.5 Å². The van der Waals surface area contributed by atoms with Crippen LogP contribution in [0.4, 0.5) is 0 Å². The molecule has 0 amide bonds. The predicted molar refractivity (Wildman–Crippen MR) is 9.16 cm³/mol. The fourth-order valence-corrected chi connectivity index (χ4v) is 0. The van der Waals surface area contributed by atoms with Gasteiger partial charge < -0.3 is 22.5 Å². The van der Waals surface area contributed by atoms with Crippen molar-refractivity contribution < 1.29 is 29.5 Å². The van der Waals surface area contributed by atoms with Gasteiger partial charge in [0, 0.05) is 17.1 Å². The molecule has 0 radical (unpaired) electrons. The quantitative estimate of drug-likeness (QED) is 0.206. The molecule has 0 aromatic carbocycles. The van der Waals surface area contributed by atoms with Gasteiger partial charge in [0.15, 0.2) is 0 Å². The van der Waals surface area contributed by atoms with Crippen molar-refractivity contribution in [2.75, 3.05) is 0 Å². The molecule has 0 saturated heterocycles. The number of hydrogen-bond donors (Lipinski definition) is 0. The summed E-state index contributed by atoms with van der Waals surface area (Å²) in [6, 6.07) is 0. The molecule has 0 heterocycles. The Bertz CT molecular complexity index is 17.1. The first-order valence-corrected chi connectivity index (χ1v) is 0.365. The van der Waals surface area contributed by atoms with Crippen molar-refractivity contribution in [3.8, 4) is 0 Å². The molecule has 34 valence electrons. The Morgan fingerprint density at radius 3 is 1.60 bits per heavy atom. The van der Waals surface area contributed by atoms with E-state index in [0.717, 1.165) is 5.34 Å². The van der Waals surface area contributed by atoms with Crippen LogP contribution in [-0.4, -0.2) is 0 Å². The molecule has 0 N–H and O–H groups in total. The maximum atomic E-state index is 8.00. The van der Waals surface area contributed by atoms with Crippen LogP contribution in [0.2, 0.25) is 0 Å². The summed E-state index contributed by atoms with van der Waals surface area (Å²) < 4.78 is 0. The summed E-state index contributed by atoms with van der Waals surface area (Å²) >= 11 is 0. The molecule has 0 atom stereocenters. The minimum Gasteiger partial charge on any atom is -1.00 e. The molecule has 0 aromatic heterocycles. The van der Waals surface area contributed by atoms with Gasteiger partial charge in [0.05, 0.1) is 0 Å². The van der Waals surface area contributed by atoms with E-state index in [2.05, 4.69) is 0 Å². The molecule has 0 aliphatic carbocycles. The number of rotatable bonds is 0. The molecule has 0 aromatic rings. The third kappa shape index (κ3) is 468. The van der Waals surface area contributed by atoms with E-state index in [4.69, 9.17) is 10.1 Å². The second kappa shape index (κ2) is 29.6. The molecular formula is ClFeNO2-2. The SMILES string of the molecule is O=N[O-].[Cl-].[Fe]. The zero-order chi connectivity index (χ0) is 2.71. The van der Waals surface area contributed by atoms with Gasteiger partial charge in [0.2, 0.25) is 0 Å². The van der Waals surface area contributed by atoms with Gasteiger partial charge in [-0.15, -0.1) is 5.34 Å². The van der Waals surface area contributed by atoms with E-state index >= 15 is 0 Å². The van der Waals surface area contributed by atoms with Crippen molar-refractivity contribution in [1.29, 1.82) is 0 Å². The third-order valence-corrected chi connectivity index (χ3v) is 0. The van der Waals surface area contributed by atoms with E-state index in [9.17, 15) is 0 Å². The van der Waals surface area contributed by atoms with Gasteiger partial charge >= 0.3 is 0 Å². The minimum atomic E-state index is 0. The normalized spacial score (nSPS) is 2.40. The first-order valence-electron chi connectivity index (χ1n) is 0.365. The average molecular weight is 137 g/mol. The topological polar surface area (TPSA) is 52.5 Å². The van der Waals surface area contributed by atoms with Crippen LogP contribution in [0.1, 0.15) is 0 Å². The van der Waals surface area contributed by atoms with Gasteiger partial charge in [-0.3, -0.25) is 0 Å². The number of hydrogen-bond acceptors (Lipinski definition) is 3. The van der Waals surface area contributed by atoms with Crippen molar-refractivity contribution in [1.82, 2.24) is 0 Å². The Kier molecular flexibility index (Phi) is 112. The molecule has 0 spiro atoms. The molecule has 0 aliphatic heterocycles. The Hall–Kier alpha value is 0.209. The Labute approximate surface area is 45.6 Å². The van der Waals surface area contributed by atoms with E-state index < -0.39 is 0 Å². The standard InChI is InChI=1S/ClH.Fe.HNO2/c;;2-1-3/h1H;;(H,2,3)/p-2. The smallest absolute Gasteiger partial charge is 0 e. The summed E-state index contributed by atoms with van der Waals surface area (Å²) in [5.41, 5.74) is 0. The zero-order valence-corrected chi connectivity index (χ0v) is 3.86. The molecule has 5 heavy (non-hydrogen) atoms. The minimum absolute atomic E-state index is 0. The summed E-state index contributed by atoms with van der Waals surface area (Å²) in [5, 5.41) is 9.00. The van der Waals surface area contributed by atoms with E-state index in [1.54, 1.807) is 0 Å². The predicted octanol–water partition coefficient (Wildman–Crippen LogP) is -2.75. The second-order valence-corrected chi connectivity index (χ2v) is 0.0745. The van der Waals surface area contributed by atoms with Crippen LogP contribution in [0.15, 0.2) is 5.34 Å². The van der Waals surface area contributed by atoms with Crippen LogP contribution >= 0.6 is 0 Å². The first kappa shape index (κ1) is 18.9. The van der Waals surface area contributed by atoms with Crippen LogP contribution in [0.25, 0.3) is 0 Å². The Morgan fingerprint density at radius 1 is 1.60 bits per heavy atom. The van der Waals surface area contributed by atoms with E-state index in [0.29, 0.717) is 0 Å². The Morgan fingerprint density at radius 2 is 1.60 bits per heavy atom. The summed E-state index contributed by atoms with van der Waals surface area (Å²) in [6.07, 6.45) is 0. The fraction of sp³-hybridized carbons (Fsp3) is 0. The van der Waals surface area contributed by atoms with Gasteiger partial charge in [-0.05, 0) is 0 Å². The number of nitrogens with zero attached hydrogens (tertiary/aromatic N) is 1. The zero-order valence-electron chi connectivity index (χ0n) is 2.00. The van der Waals surface area contributed by atoms with Gasteiger partial charge in [-0.2, -0.15) is 0 Å². The van der Waals surface area contributed by atoms with Gasteiger partial charge in [0.25, 0.3) is 0 Å². The van der Waals surface area contributed by atoms with Crippen molar-refractivity contribution in [3.05, 3.63) is 10.1 Å². The van der Waals surface area contributed by atoms with Crippen LogP contribution in [0.3, 0.4) is 0 Å². The molecule has 0 aliphatic rings. The fourth-order valence-electron chi connectivity index (χ4n) is 0. The van der Waals surface area contributed by atoms with E-state index in [1.807, 2.05) is 0 Å². The molecule has 0 bridgehead atoms. The van der Waals surface area contributed by atoms with Crippen LogP contribution < -0.4 is 12.4 Å². The van der Waals surface area contributed by atoms with Gasteiger partial charge in [0.1, 0.15) is 0 Å². The Balaban J connectivity index is -0.0000000200. The van der Waals surface area contributed by atoms with Crippen LogP contribution in [0, 0.1) is 10.1 Å². The largest absolute Gasteiger partial charge is 1.00 e. The third-order valence-electron chi connectivity index (χ3n) is 0. The first-order chi connectivity index (χ1) is 1.41. The van der Waals surface area contributed by atoms with Crippen LogP contribution in [0.5, 0.6) is 0 Å². The summed E-state index contributed by atoms with van der Waals surface area (Å²) in [4.78, 5) is 8.00. The van der Waals surface area contributed by atoms with Crippen molar-refractivity contribution in [2.45, 2.75) is 0 Å². The van der Waals surface area contributed by atoms with E-state index in [1.165, 1.54) is 0 Å². The maximum Gasteiger partial charge on any atom is 0 e. The summed E-state index contributed by atoms with van der Waals surface area (Å²) in [5.74, 6) is 0. The van der Waals surface area contributed by atoms with Crippen molar-refractivity contribution >= 4 is 0 Å².